The van der Waals surface area contributed by atoms with Gasteiger partial charge in [-0.1, -0.05) is 20.8 Å². The van der Waals surface area contributed by atoms with Crippen LogP contribution in [0.25, 0.3) is 0 Å². The van der Waals surface area contributed by atoms with E-state index in [1.807, 2.05) is 20.8 Å². The number of nitrogens with one attached hydrogen (secondary N) is 1. The summed E-state index contributed by atoms with van der Waals surface area (Å²) < 4.78 is 13.0. The lowest BCUT2D eigenvalue weighted by atomic mass is 9.97. The molecule has 88 valence electrons. The minimum absolute atomic E-state index is 0.0276. The normalized spacial score (nSPS) is 11.2. The molecule has 0 aliphatic carbocycles. The number of hydrogen-bond donors (Lipinski definition) is 1. The molecule has 16 heavy (non-hydrogen) atoms. The van der Waals surface area contributed by atoms with Crippen molar-refractivity contribution in [2.24, 2.45) is 5.41 Å². The highest BCUT2D eigenvalue weighted by Gasteiger charge is 2.16. The number of hydrogen-bond acceptors (Lipinski definition) is 3. The lowest BCUT2D eigenvalue weighted by molar-refractivity contribution is -0.384. The molecule has 0 unspecified atom stereocenters. The minimum Gasteiger partial charge on any atom is -0.379 e. The van der Waals surface area contributed by atoms with Crippen molar-refractivity contribution in [1.82, 2.24) is 0 Å². The second kappa shape index (κ2) is 4.47. The number of rotatable bonds is 3. The maximum atomic E-state index is 13.0. The van der Waals surface area contributed by atoms with Crippen LogP contribution in [0, 0.1) is 21.3 Å². The highest BCUT2D eigenvalue weighted by Crippen LogP contribution is 2.26. The molecule has 0 bridgehead atoms. The van der Waals surface area contributed by atoms with E-state index in [9.17, 15) is 14.5 Å². The lowest BCUT2D eigenvalue weighted by Gasteiger charge is -2.19. The molecule has 4 nitrogen and oxygen atoms in total. The Morgan fingerprint density at radius 1 is 1.44 bits per heavy atom. The van der Waals surface area contributed by atoms with Crippen molar-refractivity contribution in [3.05, 3.63) is 34.1 Å². The molecule has 0 aliphatic rings. The quantitative estimate of drug-likeness (QED) is 0.636. The van der Waals surface area contributed by atoms with Crippen molar-refractivity contribution in [3.8, 4) is 0 Å². The molecular formula is C11H15FN2O2. The largest absolute Gasteiger partial charge is 0.379 e. The second-order valence-electron chi connectivity index (χ2n) is 4.83. The number of benzene rings is 1. The molecule has 1 N–H and O–H groups in total. The van der Waals surface area contributed by atoms with Crippen LogP contribution in [0.3, 0.4) is 0 Å². The van der Waals surface area contributed by atoms with E-state index in [1.54, 1.807) is 0 Å². The van der Waals surface area contributed by atoms with Gasteiger partial charge in [-0.2, -0.15) is 0 Å². The molecular weight excluding hydrogens is 211 g/mol. The Morgan fingerprint density at radius 2 is 2.06 bits per heavy atom. The molecule has 5 heteroatoms. The van der Waals surface area contributed by atoms with Gasteiger partial charge in [-0.3, -0.25) is 10.1 Å². The van der Waals surface area contributed by atoms with E-state index in [1.165, 1.54) is 6.07 Å². The standard InChI is InChI=1S/C11H15FN2O2/c1-11(2,3)7-13-9-6-8(12)4-5-10(9)14(15)16/h4-6,13H,7H2,1-3H3. The fraction of sp³-hybridized carbons (Fsp3) is 0.455. The number of halogens is 1. The summed E-state index contributed by atoms with van der Waals surface area (Å²) >= 11 is 0. The van der Waals surface area contributed by atoms with E-state index in [0.29, 0.717) is 6.54 Å². The Labute approximate surface area is 93.6 Å². The van der Waals surface area contributed by atoms with Crippen molar-refractivity contribution >= 4 is 11.4 Å². The van der Waals surface area contributed by atoms with E-state index in [2.05, 4.69) is 5.32 Å². The van der Waals surface area contributed by atoms with Crippen LogP contribution < -0.4 is 5.32 Å². The first-order valence-electron chi connectivity index (χ1n) is 4.97. The Kier molecular flexibility index (Phi) is 3.47. The first-order chi connectivity index (χ1) is 7.29. The number of nitro groups is 1. The molecule has 1 rings (SSSR count). The average Bonchev–Trinajstić information content (AvgIpc) is 2.13. The first kappa shape index (κ1) is 12.4. The lowest BCUT2D eigenvalue weighted by Crippen LogP contribution is -2.19. The Bertz CT molecular complexity index is 399. The van der Waals surface area contributed by atoms with Crippen LogP contribution in [0.4, 0.5) is 15.8 Å². The Hall–Kier alpha value is -1.65. The molecule has 1 aromatic rings. The molecule has 0 fully saturated rings. The van der Waals surface area contributed by atoms with Gasteiger partial charge >= 0.3 is 0 Å². The van der Waals surface area contributed by atoms with Crippen LogP contribution in [0.1, 0.15) is 20.8 Å². The van der Waals surface area contributed by atoms with Crippen molar-refractivity contribution in [3.63, 3.8) is 0 Å². The van der Waals surface area contributed by atoms with Gasteiger partial charge in [-0.15, -0.1) is 0 Å². The monoisotopic (exact) mass is 226 g/mol. The zero-order valence-electron chi connectivity index (χ0n) is 9.58. The zero-order valence-corrected chi connectivity index (χ0v) is 9.58. The van der Waals surface area contributed by atoms with Crippen LogP contribution >= 0.6 is 0 Å². The zero-order chi connectivity index (χ0) is 12.3. The van der Waals surface area contributed by atoms with E-state index < -0.39 is 10.7 Å². The summed E-state index contributed by atoms with van der Waals surface area (Å²) in [5, 5.41) is 13.6. The third-order valence-electron chi connectivity index (χ3n) is 1.96. The molecule has 0 atom stereocenters. The molecule has 0 heterocycles. The van der Waals surface area contributed by atoms with Crippen LogP contribution in [-0.2, 0) is 0 Å². The summed E-state index contributed by atoms with van der Waals surface area (Å²) in [6.45, 7) is 6.51. The van der Waals surface area contributed by atoms with E-state index in [0.717, 1.165) is 12.1 Å². The van der Waals surface area contributed by atoms with Gasteiger partial charge in [0.05, 0.1) is 4.92 Å². The van der Waals surface area contributed by atoms with Gasteiger partial charge < -0.3 is 5.32 Å². The summed E-state index contributed by atoms with van der Waals surface area (Å²) in [5.74, 6) is -0.484. The predicted molar refractivity (Wildman–Crippen MR) is 61.0 cm³/mol. The fourth-order valence-electron chi connectivity index (χ4n) is 1.17. The van der Waals surface area contributed by atoms with Crippen LogP contribution in [0.2, 0.25) is 0 Å². The van der Waals surface area contributed by atoms with E-state index in [-0.39, 0.29) is 16.8 Å². The second-order valence-corrected chi connectivity index (χ2v) is 4.83. The van der Waals surface area contributed by atoms with Crippen molar-refractivity contribution < 1.29 is 9.31 Å². The first-order valence-corrected chi connectivity index (χ1v) is 4.97. The van der Waals surface area contributed by atoms with Gasteiger partial charge in [0.15, 0.2) is 0 Å². The van der Waals surface area contributed by atoms with Crippen molar-refractivity contribution in [2.75, 3.05) is 11.9 Å². The van der Waals surface area contributed by atoms with Gasteiger partial charge in [0.1, 0.15) is 11.5 Å². The molecule has 0 saturated carbocycles. The van der Waals surface area contributed by atoms with Crippen molar-refractivity contribution in [1.29, 1.82) is 0 Å². The van der Waals surface area contributed by atoms with Gasteiger partial charge in [-0.25, -0.2) is 4.39 Å². The summed E-state index contributed by atoms with van der Waals surface area (Å²) in [6, 6.07) is 3.39. The summed E-state index contributed by atoms with van der Waals surface area (Å²) in [7, 11) is 0. The molecule has 1 aromatic carbocycles. The maximum Gasteiger partial charge on any atom is 0.292 e. The average molecular weight is 226 g/mol. The van der Waals surface area contributed by atoms with Gasteiger partial charge in [-0.05, 0) is 11.5 Å². The molecule has 0 amide bonds. The highest BCUT2D eigenvalue weighted by atomic mass is 19.1. The number of nitro benzene ring substituents is 1. The van der Waals surface area contributed by atoms with Crippen LogP contribution in [0.5, 0.6) is 0 Å². The van der Waals surface area contributed by atoms with Crippen molar-refractivity contribution in [2.45, 2.75) is 20.8 Å². The third kappa shape index (κ3) is 3.49. The molecule has 0 saturated heterocycles. The van der Waals surface area contributed by atoms with Crippen LogP contribution in [0.15, 0.2) is 18.2 Å². The SMILES string of the molecule is CC(C)(C)CNc1cc(F)ccc1[N+](=O)[O-]. The third-order valence-corrected chi connectivity index (χ3v) is 1.96. The predicted octanol–water partition coefficient (Wildman–Crippen LogP) is 3.19. The Morgan fingerprint density at radius 3 is 2.56 bits per heavy atom. The topological polar surface area (TPSA) is 55.2 Å². The maximum absolute atomic E-state index is 13.0. The van der Waals surface area contributed by atoms with Gasteiger partial charge in [0.25, 0.3) is 5.69 Å². The summed E-state index contributed by atoms with van der Waals surface area (Å²) in [6.07, 6.45) is 0. The van der Waals surface area contributed by atoms with Gasteiger partial charge in [0, 0.05) is 18.7 Å². The Balaban J connectivity index is 2.93. The molecule has 0 aliphatic heterocycles. The minimum atomic E-state index is -0.523. The molecule has 0 aromatic heterocycles. The number of nitrogens with zero attached hydrogens (tertiary/aromatic N) is 1. The van der Waals surface area contributed by atoms with Gasteiger partial charge in [0.2, 0.25) is 0 Å². The fourth-order valence-corrected chi connectivity index (χ4v) is 1.17. The summed E-state index contributed by atoms with van der Waals surface area (Å²) in [5.41, 5.74) is 0.0887. The molecule has 0 spiro atoms. The molecule has 0 radical (unpaired) electrons. The number of anilines is 1. The highest BCUT2D eigenvalue weighted by molar-refractivity contribution is 5.61. The smallest absolute Gasteiger partial charge is 0.292 e. The van der Waals surface area contributed by atoms with E-state index in [4.69, 9.17) is 0 Å². The van der Waals surface area contributed by atoms with E-state index >= 15 is 0 Å². The summed E-state index contributed by atoms with van der Waals surface area (Å²) in [4.78, 5) is 10.2. The van der Waals surface area contributed by atoms with Crippen LogP contribution in [-0.4, -0.2) is 11.5 Å².